The van der Waals surface area contributed by atoms with Crippen molar-refractivity contribution in [2.75, 3.05) is 11.9 Å². The van der Waals surface area contributed by atoms with Crippen molar-refractivity contribution in [3.63, 3.8) is 0 Å². The number of nitrogens with zero attached hydrogens (tertiary/aromatic N) is 3. The van der Waals surface area contributed by atoms with Crippen LogP contribution in [0.2, 0.25) is 0 Å². The van der Waals surface area contributed by atoms with Gasteiger partial charge in [-0.3, -0.25) is 14.5 Å². The lowest BCUT2D eigenvalue weighted by atomic mass is 9.91. The van der Waals surface area contributed by atoms with Crippen LogP contribution in [0.1, 0.15) is 39.0 Å². The summed E-state index contributed by atoms with van der Waals surface area (Å²) in [6.07, 6.45) is 0. The first kappa shape index (κ1) is 24.1. The number of nitrogens with one attached hydrogen (secondary N) is 2. The highest BCUT2D eigenvalue weighted by Crippen LogP contribution is 2.31. The summed E-state index contributed by atoms with van der Waals surface area (Å²) < 4.78 is 29.7. The van der Waals surface area contributed by atoms with Crippen LogP contribution in [0.4, 0.5) is 19.4 Å². The second kappa shape index (κ2) is 8.61. The van der Waals surface area contributed by atoms with Crippen molar-refractivity contribution < 1.29 is 23.2 Å². The number of imide groups is 1. The fourth-order valence-corrected chi connectivity index (χ4v) is 3.83. The van der Waals surface area contributed by atoms with Gasteiger partial charge in [0.1, 0.15) is 29.5 Å². The zero-order chi connectivity index (χ0) is 25.5. The van der Waals surface area contributed by atoms with Crippen molar-refractivity contribution in [2.45, 2.75) is 38.6 Å². The number of aromatic nitrogens is 2. The number of carbonyl (C=O) groups is 3. The molecule has 1 aliphatic heterocycles. The molecule has 1 aliphatic rings. The van der Waals surface area contributed by atoms with Gasteiger partial charge in [0.15, 0.2) is 0 Å². The second-order valence-corrected chi connectivity index (χ2v) is 9.53. The zero-order valence-corrected chi connectivity index (χ0v) is 19.7. The molecule has 0 aliphatic carbocycles. The number of hydrogen-bond donors (Lipinski definition) is 2. The van der Waals surface area contributed by atoms with Crippen LogP contribution in [0, 0.1) is 11.6 Å². The molecule has 1 aromatic heterocycles. The molecule has 2 aromatic carbocycles. The predicted molar refractivity (Wildman–Crippen MR) is 125 cm³/mol. The van der Waals surface area contributed by atoms with E-state index in [2.05, 4.69) is 15.7 Å². The number of benzene rings is 2. The van der Waals surface area contributed by atoms with Gasteiger partial charge in [-0.1, -0.05) is 39.0 Å². The molecule has 1 fully saturated rings. The van der Waals surface area contributed by atoms with E-state index in [1.165, 1.54) is 6.92 Å². The lowest BCUT2D eigenvalue weighted by Crippen LogP contribution is -2.42. The highest BCUT2D eigenvalue weighted by Gasteiger charge is 2.51. The van der Waals surface area contributed by atoms with Gasteiger partial charge in [-0.2, -0.15) is 5.10 Å². The molecule has 0 radical (unpaired) electrons. The van der Waals surface area contributed by atoms with Gasteiger partial charge < -0.3 is 10.6 Å². The minimum atomic E-state index is -1.85. The Morgan fingerprint density at radius 1 is 1.09 bits per heavy atom. The molecule has 35 heavy (non-hydrogen) atoms. The van der Waals surface area contributed by atoms with Gasteiger partial charge in [0.05, 0.1) is 11.4 Å². The molecule has 1 atom stereocenters. The van der Waals surface area contributed by atoms with Gasteiger partial charge in [0.2, 0.25) is 5.91 Å². The average Bonchev–Trinajstić information content (AvgIpc) is 3.31. The number of para-hydroxylation sites is 1. The normalized spacial score (nSPS) is 18.1. The summed E-state index contributed by atoms with van der Waals surface area (Å²) in [7, 11) is 0. The molecule has 0 bridgehead atoms. The van der Waals surface area contributed by atoms with E-state index < -0.39 is 41.6 Å². The minimum Gasteiger partial charge on any atom is -0.319 e. The van der Waals surface area contributed by atoms with Crippen LogP contribution >= 0.6 is 0 Å². The highest BCUT2D eigenvalue weighted by molar-refractivity contribution is 6.10. The molecular weight excluding hydrogens is 456 g/mol. The summed E-state index contributed by atoms with van der Waals surface area (Å²) in [5.74, 6) is -2.78. The summed E-state index contributed by atoms with van der Waals surface area (Å²) >= 11 is 0. The van der Waals surface area contributed by atoms with E-state index in [1.807, 2.05) is 51.1 Å². The molecule has 0 spiro atoms. The molecule has 2 N–H and O–H groups in total. The number of anilines is 1. The first-order valence-electron chi connectivity index (χ1n) is 11.0. The van der Waals surface area contributed by atoms with Gasteiger partial charge in [-0.05, 0) is 37.3 Å². The molecule has 4 amide bonds. The minimum absolute atomic E-state index is 0.304. The molecule has 0 unspecified atom stereocenters. The van der Waals surface area contributed by atoms with Crippen molar-refractivity contribution in [1.82, 2.24) is 20.0 Å². The molecule has 2 heterocycles. The SMILES string of the molecule is CC(C)(C)c1cc(NC(=O)CN2C(=O)N[C@](C)(c3cc(F)ccc3F)C2=O)n(-c2ccccc2)n1. The summed E-state index contributed by atoms with van der Waals surface area (Å²) in [5, 5.41) is 9.70. The standard InChI is InChI=1S/C25H25F2N5O3/c1-24(2,3)19-13-20(32(30-19)16-8-6-5-7-9-16)28-21(33)14-31-22(34)25(4,29-23(31)35)17-12-15(26)10-11-18(17)27/h5-13H,14H2,1-4H3,(H,28,33)(H,29,35)/t25-/m1/s1. The third-order valence-corrected chi connectivity index (χ3v) is 5.79. The van der Waals surface area contributed by atoms with Crippen molar-refractivity contribution in [3.05, 3.63) is 77.5 Å². The smallest absolute Gasteiger partial charge is 0.319 e. The molecule has 4 rings (SSSR count). The van der Waals surface area contributed by atoms with Crippen molar-refractivity contribution in [2.24, 2.45) is 0 Å². The van der Waals surface area contributed by atoms with E-state index in [9.17, 15) is 23.2 Å². The molecular formula is C25H25F2N5O3. The highest BCUT2D eigenvalue weighted by atomic mass is 19.1. The van der Waals surface area contributed by atoms with E-state index in [0.717, 1.165) is 23.9 Å². The monoisotopic (exact) mass is 481 g/mol. The van der Waals surface area contributed by atoms with Crippen molar-refractivity contribution >= 4 is 23.7 Å². The summed E-state index contributed by atoms with van der Waals surface area (Å²) in [6, 6.07) is 12.6. The average molecular weight is 482 g/mol. The second-order valence-electron chi connectivity index (χ2n) is 9.53. The molecule has 8 nitrogen and oxygen atoms in total. The number of rotatable bonds is 5. The Hall–Kier alpha value is -4.08. The maximum atomic E-state index is 14.4. The van der Waals surface area contributed by atoms with Crippen LogP contribution in [-0.2, 0) is 20.5 Å². The first-order chi connectivity index (χ1) is 16.4. The first-order valence-corrected chi connectivity index (χ1v) is 11.0. The van der Waals surface area contributed by atoms with E-state index in [1.54, 1.807) is 10.7 Å². The number of hydrogen-bond acceptors (Lipinski definition) is 4. The Morgan fingerprint density at radius 2 is 1.77 bits per heavy atom. The number of carbonyl (C=O) groups excluding carboxylic acids is 3. The zero-order valence-electron chi connectivity index (χ0n) is 19.7. The van der Waals surface area contributed by atoms with Gasteiger partial charge in [-0.15, -0.1) is 0 Å². The van der Waals surface area contributed by atoms with Gasteiger partial charge in [0, 0.05) is 17.0 Å². The van der Waals surface area contributed by atoms with E-state index in [4.69, 9.17) is 0 Å². The molecule has 10 heteroatoms. The number of halogens is 2. The van der Waals surface area contributed by atoms with Crippen LogP contribution in [-0.4, -0.2) is 39.1 Å². The van der Waals surface area contributed by atoms with Crippen molar-refractivity contribution in [1.29, 1.82) is 0 Å². The third-order valence-electron chi connectivity index (χ3n) is 5.79. The maximum absolute atomic E-state index is 14.4. The fraction of sp³-hybridized carbons (Fsp3) is 0.280. The molecule has 1 saturated heterocycles. The summed E-state index contributed by atoms with van der Waals surface area (Å²) in [4.78, 5) is 39.2. The fourth-order valence-electron chi connectivity index (χ4n) is 3.83. The lowest BCUT2D eigenvalue weighted by Gasteiger charge is -2.22. The van der Waals surface area contributed by atoms with Crippen LogP contribution in [0.25, 0.3) is 5.69 Å². The van der Waals surface area contributed by atoms with E-state index in [-0.39, 0.29) is 11.0 Å². The van der Waals surface area contributed by atoms with Crippen LogP contribution in [0.5, 0.6) is 0 Å². The Balaban J connectivity index is 1.58. The largest absolute Gasteiger partial charge is 0.325 e. The Kier molecular flexibility index (Phi) is 5.92. The molecule has 182 valence electrons. The molecule has 3 aromatic rings. The Morgan fingerprint density at radius 3 is 2.43 bits per heavy atom. The Labute approximate surface area is 200 Å². The third kappa shape index (κ3) is 4.51. The predicted octanol–water partition coefficient (Wildman–Crippen LogP) is 3.85. The molecule has 0 saturated carbocycles. The Bertz CT molecular complexity index is 1320. The van der Waals surface area contributed by atoms with Crippen molar-refractivity contribution in [3.8, 4) is 5.69 Å². The van der Waals surface area contributed by atoms with Gasteiger partial charge in [0.25, 0.3) is 5.91 Å². The van der Waals surface area contributed by atoms with E-state index >= 15 is 0 Å². The summed E-state index contributed by atoms with van der Waals surface area (Å²) in [5.41, 5.74) is -1.05. The van der Waals surface area contributed by atoms with Crippen LogP contribution in [0.3, 0.4) is 0 Å². The maximum Gasteiger partial charge on any atom is 0.325 e. The quantitative estimate of drug-likeness (QED) is 0.541. The van der Waals surface area contributed by atoms with E-state index in [0.29, 0.717) is 16.4 Å². The lowest BCUT2D eigenvalue weighted by molar-refractivity contribution is -0.133. The summed E-state index contributed by atoms with van der Waals surface area (Å²) in [6.45, 7) is 6.59. The number of urea groups is 1. The van der Waals surface area contributed by atoms with Gasteiger partial charge >= 0.3 is 6.03 Å². The van der Waals surface area contributed by atoms with Gasteiger partial charge in [-0.25, -0.2) is 18.3 Å². The topological polar surface area (TPSA) is 96.3 Å². The van der Waals surface area contributed by atoms with Crippen LogP contribution < -0.4 is 10.6 Å². The number of amides is 4. The van der Waals surface area contributed by atoms with Crippen LogP contribution in [0.15, 0.2) is 54.6 Å².